The number of rotatable bonds is 2. The van der Waals surface area contributed by atoms with Gasteiger partial charge in [0.15, 0.2) is 0 Å². The molecule has 70 valence electrons. The number of hydrogen-bond acceptors (Lipinski definition) is 3. The first-order chi connectivity index (χ1) is 6.36. The topological polar surface area (TPSA) is 34.1 Å². The predicted octanol–water partition coefficient (Wildman–Crippen LogP) is 1.67. The molecule has 1 saturated heterocycles. The molecule has 13 heavy (non-hydrogen) atoms. The zero-order valence-corrected chi connectivity index (χ0v) is 7.73. The summed E-state index contributed by atoms with van der Waals surface area (Å²) in [4.78, 5) is 4.21. The highest BCUT2D eigenvalue weighted by Crippen LogP contribution is 2.16. The van der Waals surface area contributed by atoms with Crippen molar-refractivity contribution >= 4 is 5.82 Å². The first kappa shape index (κ1) is 8.51. The average Bonchev–Trinajstić information content (AvgIpc) is 2.54. The maximum absolute atomic E-state index is 5.45. The minimum atomic E-state index is 0.294. The van der Waals surface area contributed by atoms with Crippen LogP contribution < -0.4 is 5.32 Å². The molecule has 2 atom stereocenters. The lowest BCUT2D eigenvalue weighted by Gasteiger charge is -2.16. The Morgan fingerprint density at radius 1 is 1.54 bits per heavy atom. The molecule has 0 radical (unpaired) electrons. The van der Waals surface area contributed by atoms with E-state index >= 15 is 0 Å². The van der Waals surface area contributed by atoms with Gasteiger partial charge in [0.1, 0.15) is 5.82 Å². The highest BCUT2D eigenvalue weighted by molar-refractivity contribution is 5.35. The number of nitrogens with one attached hydrogen (secondary N) is 1. The molecule has 0 bridgehead atoms. The third-order valence-corrected chi connectivity index (χ3v) is 2.37. The summed E-state index contributed by atoms with van der Waals surface area (Å²) in [6.07, 6.45) is 3.16. The molecule has 1 aliphatic heterocycles. The normalized spacial score (nSPS) is 27.5. The van der Waals surface area contributed by atoms with Gasteiger partial charge in [-0.15, -0.1) is 0 Å². The van der Waals surface area contributed by atoms with Gasteiger partial charge < -0.3 is 10.1 Å². The minimum absolute atomic E-state index is 0.294. The van der Waals surface area contributed by atoms with Crippen molar-refractivity contribution in [1.29, 1.82) is 0 Å². The Balaban J connectivity index is 1.98. The van der Waals surface area contributed by atoms with E-state index in [1.807, 2.05) is 18.2 Å². The highest BCUT2D eigenvalue weighted by Gasteiger charge is 2.23. The lowest BCUT2D eigenvalue weighted by Crippen LogP contribution is -2.26. The van der Waals surface area contributed by atoms with Crippen molar-refractivity contribution in [2.24, 2.45) is 0 Å². The Morgan fingerprint density at radius 3 is 3.08 bits per heavy atom. The zero-order chi connectivity index (χ0) is 9.10. The zero-order valence-electron chi connectivity index (χ0n) is 7.73. The number of aromatic nitrogens is 1. The predicted molar refractivity (Wildman–Crippen MR) is 51.7 cm³/mol. The van der Waals surface area contributed by atoms with E-state index < -0.39 is 0 Å². The average molecular weight is 178 g/mol. The van der Waals surface area contributed by atoms with Crippen LogP contribution in [0, 0.1) is 0 Å². The molecular weight excluding hydrogens is 164 g/mol. The van der Waals surface area contributed by atoms with Crippen molar-refractivity contribution in [1.82, 2.24) is 4.98 Å². The molecule has 0 aromatic carbocycles. The van der Waals surface area contributed by atoms with E-state index in [9.17, 15) is 0 Å². The van der Waals surface area contributed by atoms with E-state index in [1.165, 1.54) is 0 Å². The third-order valence-electron chi connectivity index (χ3n) is 2.37. The molecule has 1 aromatic rings. The van der Waals surface area contributed by atoms with E-state index in [4.69, 9.17) is 4.74 Å². The molecule has 0 amide bonds. The van der Waals surface area contributed by atoms with Gasteiger partial charge >= 0.3 is 0 Å². The van der Waals surface area contributed by atoms with Crippen LogP contribution in [0.4, 0.5) is 5.82 Å². The number of ether oxygens (including phenoxy) is 1. The van der Waals surface area contributed by atoms with Gasteiger partial charge in [-0.1, -0.05) is 6.07 Å². The van der Waals surface area contributed by atoms with E-state index in [-0.39, 0.29) is 0 Å². The van der Waals surface area contributed by atoms with Crippen LogP contribution in [0.15, 0.2) is 24.4 Å². The van der Waals surface area contributed by atoms with Gasteiger partial charge in [-0.2, -0.15) is 0 Å². The van der Waals surface area contributed by atoms with E-state index in [0.29, 0.717) is 12.1 Å². The largest absolute Gasteiger partial charge is 0.376 e. The number of hydrogen-bond donors (Lipinski definition) is 1. The van der Waals surface area contributed by atoms with Crippen molar-refractivity contribution < 1.29 is 4.74 Å². The Kier molecular flexibility index (Phi) is 2.45. The molecule has 1 aromatic heterocycles. The maximum atomic E-state index is 5.45. The van der Waals surface area contributed by atoms with Gasteiger partial charge in [0.05, 0.1) is 12.1 Å². The fourth-order valence-electron chi connectivity index (χ4n) is 1.56. The van der Waals surface area contributed by atoms with Crippen LogP contribution in [0.2, 0.25) is 0 Å². The van der Waals surface area contributed by atoms with Crippen LogP contribution in [0.3, 0.4) is 0 Å². The molecule has 3 heteroatoms. The van der Waals surface area contributed by atoms with Crippen molar-refractivity contribution in [3.63, 3.8) is 0 Å². The Hall–Kier alpha value is -1.09. The van der Waals surface area contributed by atoms with Crippen LogP contribution >= 0.6 is 0 Å². The Morgan fingerprint density at radius 2 is 2.46 bits per heavy atom. The van der Waals surface area contributed by atoms with Crippen LogP contribution in [0.1, 0.15) is 13.3 Å². The number of nitrogens with zero attached hydrogens (tertiary/aromatic N) is 1. The summed E-state index contributed by atoms with van der Waals surface area (Å²) in [5, 5.41) is 3.35. The second-order valence-corrected chi connectivity index (χ2v) is 3.33. The van der Waals surface area contributed by atoms with Gasteiger partial charge in [0.25, 0.3) is 0 Å². The lowest BCUT2D eigenvalue weighted by molar-refractivity contribution is 0.121. The molecule has 2 rings (SSSR count). The van der Waals surface area contributed by atoms with Crippen molar-refractivity contribution in [2.75, 3.05) is 11.9 Å². The highest BCUT2D eigenvalue weighted by atomic mass is 16.5. The monoisotopic (exact) mass is 178 g/mol. The van der Waals surface area contributed by atoms with E-state index in [1.54, 1.807) is 6.20 Å². The molecule has 2 unspecified atom stereocenters. The molecule has 1 aliphatic rings. The van der Waals surface area contributed by atoms with Crippen LogP contribution in [0.5, 0.6) is 0 Å². The van der Waals surface area contributed by atoms with Crippen LogP contribution in [-0.2, 0) is 4.74 Å². The van der Waals surface area contributed by atoms with Gasteiger partial charge in [0.2, 0.25) is 0 Å². The van der Waals surface area contributed by atoms with Crippen molar-refractivity contribution in [2.45, 2.75) is 25.5 Å². The number of pyridine rings is 1. The van der Waals surface area contributed by atoms with Gasteiger partial charge in [-0.25, -0.2) is 4.98 Å². The fraction of sp³-hybridized carbons (Fsp3) is 0.500. The quantitative estimate of drug-likeness (QED) is 0.748. The molecule has 2 heterocycles. The summed E-state index contributed by atoms with van der Waals surface area (Å²) < 4.78 is 5.45. The SMILES string of the molecule is CC1OCCC1Nc1ccccn1. The minimum Gasteiger partial charge on any atom is -0.376 e. The Bertz CT molecular complexity index is 263. The second-order valence-electron chi connectivity index (χ2n) is 3.33. The van der Waals surface area contributed by atoms with Crippen LogP contribution in [0.25, 0.3) is 0 Å². The van der Waals surface area contributed by atoms with E-state index in [0.717, 1.165) is 18.8 Å². The van der Waals surface area contributed by atoms with Gasteiger partial charge in [-0.3, -0.25) is 0 Å². The van der Waals surface area contributed by atoms with Crippen molar-refractivity contribution in [3.05, 3.63) is 24.4 Å². The first-order valence-corrected chi connectivity index (χ1v) is 4.65. The summed E-state index contributed by atoms with van der Waals surface area (Å²) in [5.74, 6) is 0.935. The standard InChI is InChI=1S/C10H14N2O/c1-8-9(5-7-13-8)12-10-4-2-3-6-11-10/h2-4,6,8-9H,5,7H2,1H3,(H,11,12). The molecule has 0 aliphatic carbocycles. The Labute approximate surface area is 78.1 Å². The maximum Gasteiger partial charge on any atom is 0.126 e. The summed E-state index contributed by atoms with van der Waals surface area (Å²) >= 11 is 0. The molecule has 0 spiro atoms. The van der Waals surface area contributed by atoms with Crippen molar-refractivity contribution in [3.8, 4) is 0 Å². The first-order valence-electron chi connectivity index (χ1n) is 4.65. The summed E-state index contributed by atoms with van der Waals surface area (Å²) in [6.45, 7) is 2.94. The fourth-order valence-corrected chi connectivity index (χ4v) is 1.56. The lowest BCUT2D eigenvalue weighted by atomic mass is 10.1. The van der Waals surface area contributed by atoms with Gasteiger partial charge in [-0.05, 0) is 25.5 Å². The summed E-state index contributed by atoms with van der Waals surface area (Å²) in [6, 6.07) is 6.29. The molecule has 0 saturated carbocycles. The second kappa shape index (κ2) is 3.75. The number of anilines is 1. The summed E-state index contributed by atoms with van der Waals surface area (Å²) in [5.41, 5.74) is 0. The third kappa shape index (κ3) is 1.98. The molecular formula is C10H14N2O. The molecule has 1 fully saturated rings. The summed E-state index contributed by atoms with van der Waals surface area (Å²) in [7, 11) is 0. The van der Waals surface area contributed by atoms with Crippen LogP contribution in [-0.4, -0.2) is 23.7 Å². The van der Waals surface area contributed by atoms with Gasteiger partial charge in [0, 0.05) is 12.8 Å². The molecule has 1 N–H and O–H groups in total. The smallest absolute Gasteiger partial charge is 0.126 e. The molecule has 3 nitrogen and oxygen atoms in total. The van der Waals surface area contributed by atoms with E-state index in [2.05, 4.69) is 17.2 Å².